The van der Waals surface area contributed by atoms with Gasteiger partial charge in [0, 0.05) is 25.3 Å². The molecule has 0 N–H and O–H groups in total. The number of esters is 1. The SMILES string of the molecule is COC(=O)c1ccc2c(c1)c1c(n2C)C#CC/C=C/CC#C1. The molecule has 108 valence electrons. The van der Waals surface area contributed by atoms with Crippen LogP contribution in [0.5, 0.6) is 0 Å². The van der Waals surface area contributed by atoms with Gasteiger partial charge in [0.2, 0.25) is 0 Å². The Morgan fingerprint density at radius 2 is 1.91 bits per heavy atom. The van der Waals surface area contributed by atoms with E-state index in [9.17, 15) is 4.79 Å². The summed E-state index contributed by atoms with van der Waals surface area (Å²) in [5, 5.41) is 0.937. The molecule has 1 aliphatic carbocycles. The van der Waals surface area contributed by atoms with E-state index in [1.807, 2.05) is 35.9 Å². The van der Waals surface area contributed by atoms with E-state index in [4.69, 9.17) is 4.74 Å². The van der Waals surface area contributed by atoms with Crippen molar-refractivity contribution in [2.24, 2.45) is 7.05 Å². The molecule has 22 heavy (non-hydrogen) atoms. The molecule has 0 saturated heterocycles. The lowest BCUT2D eigenvalue weighted by Gasteiger charge is -2.00. The van der Waals surface area contributed by atoms with E-state index in [-0.39, 0.29) is 5.97 Å². The molecule has 1 aromatic carbocycles. The third-order valence-electron chi connectivity index (χ3n) is 3.65. The van der Waals surface area contributed by atoms with E-state index in [1.54, 1.807) is 6.07 Å². The molecule has 2 aromatic rings. The highest BCUT2D eigenvalue weighted by atomic mass is 16.5. The minimum Gasteiger partial charge on any atom is -0.465 e. The number of fused-ring (bicyclic) bond motifs is 3. The summed E-state index contributed by atoms with van der Waals surface area (Å²) in [7, 11) is 3.35. The average molecular weight is 289 g/mol. The van der Waals surface area contributed by atoms with Crippen LogP contribution in [0, 0.1) is 23.7 Å². The van der Waals surface area contributed by atoms with Crippen molar-refractivity contribution < 1.29 is 9.53 Å². The molecule has 3 rings (SSSR count). The van der Waals surface area contributed by atoms with Crippen molar-refractivity contribution in [1.82, 2.24) is 4.57 Å². The normalized spacial score (nSPS) is 14.1. The summed E-state index contributed by atoms with van der Waals surface area (Å²) >= 11 is 0. The van der Waals surface area contributed by atoms with Crippen molar-refractivity contribution in [2.45, 2.75) is 12.8 Å². The number of carbonyl (C=O) groups is 1. The Balaban J connectivity index is 2.29. The van der Waals surface area contributed by atoms with E-state index in [1.165, 1.54) is 7.11 Å². The first-order chi connectivity index (χ1) is 10.7. The molecule has 0 saturated carbocycles. The number of methoxy groups -OCH3 is 1. The van der Waals surface area contributed by atoms with Crippen molar-refractivity contribution in [1.29, 1.82) is 0 Å². The number of aromatic nitrogens is 1. The van der Waals surface area contributed by atoms with Crippen molar-refractivity contribution in [3.63, 3.8) is 0 Å². The number of benzene rings is 1. The molecule has 0 fully saturated rings. The maximum Gasteiger partial charge on any atom is 0.337 e. The fourth-order valence-corrected chi connectivity index (χ4v) is 2.52. The second-order valence-electron chi connectivity index (χ2n) is 4.99. The molecule has 0 atom stereocenters. The van der Waals surface area contributed by atoms with Gasteiger partial charge in [0.1, 0.15) is 5.69 Å². The van der Waals surface area contributed by atoms with Gasteiger partial charge in [-0.05, 0) is 24.1 Å². The number of ether oxygens (including phenoxy) is 1. The van der Waals surface area contributed by atoms with Crippen molar-refractivity contribution >= 4 is 16.9 Å². The number of hydrogen-bond acceptors (Lipinski definition) is 2. The van der Waals surface area contributed by atoms with E-state index in [0.29, 0.717) is 12.0 Å². The maximum absolute atomic E-state index is 11.8. The Kier molecular flexibility index (Phi) is 3.73. The van der Waals surface area contributed by atoms with Crippen LogP contribution in [0.4, 0.5) is 0 Å². The zero-order chi connectivity index (χ0) is 15.5. The van der Waals surface area contributed by atoms with E-state index < -0.39 is 0 Å². The Hall–Kier alpha value is -2.91. The smallest absolute Gasteiger partial charge is 0.337 e. The fourth-order valence-electron chi connectivity index (χ4n) is 2.52. The maximum atomic E-state index is 11.8. The van der Waals surface area contributed by atoms with Crippen LogP contribution in [0.2, 0.25) is 0 Å². The lowest BCUT2D eigenvalue weighted by atomic mass is 10.1. The predicted molar refractivity (Wildman–Crippen MR) is 86.4 cm³/mol. The average Bonchev–Trinajstić information content (AvgIpc) is 2.82. The van der Waals surface area contributed by atoms with Gasteiger partial charge in [0.25, 0.3) is 0 Å². The summed E-state index contributed by atoms with van der Waals surface area (Å²) in [4.78, 5) is 11.8. The molecule has 1 aromatic heterocycles. The molecule has 1 heterocycles. The van der Waals surface area contributed by atoms with Crippen LogP contribution in [0.1, 0.15) is 34.5 Å². The van der Waals surface area contributed by atoms with Gasteiger partial charge in [-0.1, -0.05) is 29.9 Å². The molecular weight excluding hydrogens is 274 g/mol. The Morgan fingerprint density at radius 3 is 2.64 bits per heavy atom. The Morgan fingerprint density at radius 1 is 1.18 bits per heavy atom. The number of carbonyl (C=O) groups excluding carboxylic acids is 1. The van der Waals surface area contributed by atoms with Gasteiger partial charge in [0.05, 0.1) is 23.8 Å². The standard InChI is InChI=1S/C19H15NO2/c1-20-17-10-8-6-4-3-5-7-9-15(17)16-13-14(19(21)22-2)11-12-18(16)20/h3-4,11-13H,5-6H2,1-2H3/b4-3+. The minimum absolute atomic E-state index is 0.346. The number of hydrogen-bond donors (Lipinski definition) is 0. The first kappa shape index (κ1) is 14.0. The predicted octanol–water partition coefficient (Wildman–Crippen LogP) is 3.02. The first-order valence-corrected chi connectivity index (χ1v) is 7.06. The summed E-state index contributed by atoms with van der Waals surface area (Å²) < 4.78 is 6.82. The van der Waals surface area contributed by atoms with Crippen LogP contribution < -0.4 is 0 Å². The van der Waals surface area contributed by atoms with Crippen LogP contribution >= 0.6 is 0 Å². The third kappa shape index (κ3) is 2.38. The quantitative estimate of drug-likeness (QED) is 0.459. The lowest BCUT2D eigenvalue weighted by Crippen LogP contribution is -2.00. The van der Waals surface area contributed by atoms with Gasteiger partial charge in [-0.3, -0.25) is 0 Å². The van der Waals surface area contributed by atoms with Crippen LogP contribution in [0.3, 0.4) is 0 Å². The molecule has 3 nitrogen and oxygen atoms in total. The molecule has 0 aliphatic heterocycles. The summed E-state index contributed by atoms with van der Waals surface area (Å²) in [6.45, 7) is 0. The van der Waals surface area contributed by atoms with Gasteiger partial charge in [0.15, 0.2) is 0 Å². The van der Waals surface area contributed by atoms with Crippen LogP contribution in [0.15, 0.2) is 30.4 Å². The zero-order valence-electron chi connectivity index (χ0n) is 12.6. The second kappa shape index (κ2) is 5.84. The third-order valence-corrected chi connectivity index (χ3v) is 3.65. The van der Waals surface area contributed by atoms with Gasteiger partial charge in [-0.15, -0.1) is 0 Å². The summed E-state index contributed by atoms with van der Waals surface area (Å²) in [5.41, 5.74) is 3.30. The van der Waals surface area contributed by atoms with E-state index in [2.05, 4.69) is 23.7 Å². The van der Waals surface area contributed by atoms with Gasteiger partial charge < -0.3 is 9.30 Å². The second-order valence-corrected chi connectivity index (χ2v) is 4.99. The zero-order valence-corrected chi connectivity index (χ0v) is 12.6. The molecule has 0 bridgehead atoms. The van der Waals surface area contributed by atoms with Crippen molar-refractivity contribution in [3.8, 4) is 23.7 Å². The Labute approximate surface area is 129 Å². The summed E-state index contributed by atoms with van der Waals surface area (Å²) in [6, 6.07) is 5.51. The first-order valence-electron chi connectivity index (χ1n) is 7.06. The number of aryl methyl sites for hydroxylation is 1. The molecule has 0 amide bonds. The van der Waals surface area contributed by atoms with Crippen molar-refractivity contribution in [2.75, 3.05) is 7.11 Å². The lowest BCUT2D eigenvalue weighted by molar-refractivity contribution is 0.0601. The Bertz CT molecular complexity index is 908. The van der Waals surface area contributed by atoms with Crippen LogP contribution in [0.25, 0.3) is 10.9 Å². The number of rotatable bonds is 1. The van der Waals surface area contributed by atoms with Crippen molar-refractivity contribution in [3.05, 3.63) is 47.2 Å². The van der Waals surface area contributed by atoms with Crippen LogP contribution in [-0.2, 0) is 11.8 Å². The van der Waals surface area contributed by atoms with E-state index >= 15 is 0 Å². The van der Waals surface area contributed by atoms with E-state index in [0.717, 1.165) is 28.6 Å². The highest BCUT2D eigenvalue weighted by molar-refractivity contribution is 5.98. The number of nitrogens with zero attached hydrogens (tertiary/aromatic N) is 1. The molecule has 1 aliphatic rings. The molecule has 0 spiro atoms. The topological polar surface area (TPSA) is 31.2 Å². The van der Waals surface area contributed by atoms with Gasteiger partial charge in [-0.25, -0.2) is 4.79 Å². The van der Waals surface area contributed by atoms with Gasteiger partial charge in [-0.2, -0.15) is 0 Å². The van der Waals surface area contributed by atoms with Gasteiger partial charge >= 0.3 is 5.97 Å². The monoisotopic (exact) mass is 289 g/mol. The molecule has 3 heteroatoms. The highest BCUT2D eigenvalue weighted by Crippen LogP contribution is 2.26. The summed E-state index contributed by atoms with van der Waals surface area (Å²) in [5.74, 6) is 12.3. The molecular formula is C19H15NO2. The van der Waals surface area contributed by atoms with Crippen LogP contribution in [-0.4, -0.2) is 17.6 Å². The minimum atomic E-state index is -0.346. The molecule has 0 radical (unpaired) electrons. The highest BCUT2D eigenvalue weighted by Gasteiger charge is 2.15. The number of allylic oxidation sites excluding steroid dienone is 2. The molecule has 0 unspecified atom stereocenters. The largest absolute Gasteiger partial charge is 0.465 e. The summed E-state index contributed by atoms with van der Waals surface area (Å²) in [6.07, 6.45) is 5.48. The fraction of sp³-hybridized carbons (Fsp3) is 0.211.